The van der Waals surface area contributed by atoms with Gasteiger partial charge < -0.3 is 10.6 Å². The standard InChI is InChI=1S/C25H20ClFN4O/c26-20-8-4-17(5-9-20)14-15-28-25(32)19-2-1-3-22(16-19)29-24-13-12-23(30-31-24)18-6-10-21(27)11-7-18/h1-13,16H,14-15H2,(H,28,32)(H,29,31). The third-order valence-electron chi connectivity index (χ3n) is 4.81. The van der Waals surface area contributed by atoms with Gasteiger partial charge in [-0.1, -0.05) is 29.8 Å². The summed E-state index contributed by atoms with van der Waals surface area (Å²) < 4.78 is 13.1. The van der Waals surface area contributed by atoms with Gasteiger partial charge in [0.1, 0.15) is 5.82 Å². The minimum atomic E-state index is -0.297. The number of halogens is 2. The first-order chi connectivity index (χ1) is 15.6. The van der Waals surface area contributed by atoms with Crippen molar-refractivity contribution >= 4 is 29.0 Å². The molecule has 7 heteroatoms. The molecule has 4 aromatic rings. The van der Waals surface area contributed by atoms with Crippen molar-refractivity contribution in [1.29, 1.82) is 0 Å². The van der Waals surface area contributed by atoms with Crippen LogP contribution in [0, 0.1) is 5.82 Å². The Bertz CT molecular complexity index is 1200. The SMILES string of the molecule is O=C(NCCc1ccc(Cl)cc1)c1cccc(Nc2ccc(-c3ccc(F)cc3)nn2)c1. The zero-order valence-corrected chi connectivity index (χ0v) is 17.8. The van der Waals surface area contributed by atoms with E-state index in [0.29, 0.717) is 28.6 Å². The van der Waals surface area contributed by atoms with Crippen LogP contribution in [0.4, 0.5) is 15.9 Å². The fraction of sp³-hybridized carbons (Fsp3) is 0.0800. The molecule has 0 saturated carbocycles. The van der Waals surface area contributed by atoms with E-state index in [4.69, 9.17) is 11.6 Å². The third kappa shape index (κ3) is 5.68. The second kappa shape index (κ2) is 10.0. The molecule has 0 aliphatic rings. The summed E-state index contributed by atoms with van der Waals surface area (Å²) in [4.78, 5) is 12.5. The maximum absolute atomic E-state index is 13.1. The largest absolute Gasteiger partial charge is 0.352 e. The molecule has 1 amide bonds. The number of amides is 1. The normalized spacial score (nSPS) is 10.6. The van der Waals surface area contributed by atoms with Crippen molar-refractivity contribution in [3.8, 4) is 11.3 Å². The van der Waals surface area contributed by atoms with Gasteiger partial charge in [0.25, 0.3) is 5.91 Å². The molecular weight excluding hydrogens is 427 g/mol. The minimum Gasteiger partial charge on any atom is -0.352 e. The first kappa shape index (κ1) is 21.5. The second-order valence-corrected chi connectivity index (χ2v) is 7.59. The molecule has 160 valence electrons. The number of aromatic nitrogens is 2. The summed E-state index contributed by atoms with van der Waals surface area (Å²) in [6.45, 7) is 0.522. The lowest BCUT2D eigenvalue weighted by Crippen LogP contribution is -2.25. The lowest BCUT2D eigenvalue weighted by molar-refractivity contribution is 0.0954. The zero-order chi connectivity index (χ0) is 22.3. The molecule has 4 rings (SSSR count). The summed E-state index contributed by atoms with van der Waals surface area (Å²) in [6.07, 6.45) is 0.719. The molecule has 0 unspecified atom stereocenters. The van der Waals surface area contributed by atoms with E-state index in [9.17, 15) is 9.18 Å². The van der Waals surface area contributed by atoms with E-state index >= 15 is 0 Å². The Kier molecular flexibility index (Phi) is 6.72. The zero-order valence-electron chi connectivity index (χ0n) is 17.1. The van der Waals surface area contributed by atoms with Crippen molar-refractivity contribution in [2.45, 2.75) is 6.42 Å². The highest BCUT2D eigenvalue weighted by atomic mass is 35.5. The average molecular weight is 447 g/mol. The Morgan fingerprint density at radius 3 is 2.41 bits per heavy atom. The second-order valence-electron chi connectivity index (χ2n) is 7.15. The average Bonchev–Trinajstić information content (AvgIpc) is 2.81. The topological polar surface area (TPSA) is 66.9 Å². The summed E-state index contributed by atoms with van der Waals surface area (Å²) in [5.74, 6) is 0.0883. The summed E-state index contributed by atoms with van der Waals surface area (Å²) >= 11 is 5.89. The first-order valence-electron chi connectivity index (χ1n) is 10.1. The van der Waals surface area contributed by atoms with Crippen LogP contribution >= 0.6 is 11.6 Å². The Hall–Kier alpha value is -3.77. The molecule has 0 radical (unpaired) electrons. The Morgan fingerprint density at radius 1 is 0.906 bits per heavy atom. The van der Waals surface area contributed by atoms with Crippen LogP contribution in [0.15, 0.2) is 84.9 Å². The smallest absolute Gasteiger partial charge is 0.251 e. The maximum Gasteiger partial charge on any atom is 0.251 e. The van der Waals surface area contributed by atoms with E-state index in [1.165, 1.54) is 12.1 Å². The number of anilines is 2. The van der Waals surface area contributed by atoms with Crippen LogP contribution in [0.1, 0.15) is 15.9 Å². The molecule has 1 heterocycles. The van der Waals surface area contributed by atoms with Crippen LogP contribution in [0.25, 0.3) is 11.3 Å². The van der Waals surface area contributed by atoms with Crippen molar-refractivity contribution in [1.82, 2.24) is 15.5 Å². The van der Waals surface area contributed by atoms with Crippen LogP contribution in [0.3, 0.4) is 0 Å². The van der Waals surface area contributed by atoms with Gasteiger partial charge in [0.05, 0.1) is 5.69 Å². The van der Waals surface area contributed by atoms with Gasteiger partial charge in [-0.05, 0) is 78.7 Å². The van der Waals surface area contributed by atoms with E-state index in [2.05, 4.69) is 20.8 Å². The van der Waals surface area contributed by atoms with Gasteiger partial charge in [-0.3, -0.25) is 4.79 Å². The van der Waals surface area contributed by atoms with Gasteiger partial charge in [-0.2, -0.15) is 0 Å². The van der Waals surface area contributed by atoms with Gasteiger partial charge in [-0.25, -0.2) is 4.39 Å². The van der Waals surface area contributed by atoms with E-state index in [1.54, 1.807) is 42.5 Å². The molecule has 3 aromatic carbocycles. The molecule has 0 aliphatic heterocycles. The number of hydrogen-bond donors (Lipinski definition) is 2. The first-order valence-corrected chi connectivity index (χ1v) is 10.4. The third-order valence-corrected chi connectivity index (χ3v) is 5.07. The number of benzene rings is 3. The number of carbonyl (C=O) groups excluding carboxylic acids is 1. The fourth-order valence-corrected chi connectivity index (χ4v) is 3.26. The van der Waals surface area contributed by atoms with Gasteiger partial charge in [0.15, 0.2) is 5.82 Å². The van der Waals surface area contributed by atoms with E-state index in [1.807, 2.05) is 30.3 Å². The van der Waals surface area contributed by atoms with Gasteiger partial charge in [0, 0.05) is 28.4 Å². The predicted molar refractivity (Wildman–Crippen MR) is 125 cm³/mol. The van der Waals surface area contributed by atoms with Crippen molar-refractivity contribution < 1.29 is 9.18 Å². The Labute approximate surface area is 190 Å². The van der Waals surface area contributed by atoms with Crippen molar-refractivity contribution in [2.75, 3.05) is 11.9 Å². The lowest BCUT2D eigenvalue weighted by atomic mass is 10.1. The highest BCUT2D eigenvalue weighted by Crippen LogP contribution is 2.20. The molecule has 1 aromatic heterocycles. The molecule has 0 aliphatic carbocycles. The molecule has 5 nitrogen and oxygen atoms in total. The number of nitrogens with zero attached hydrogens (tertiary/aromatic N) is 2. The summed E-state index contributed by atoms with van der Waals surface area (Å²) in [5, 5.41) is 15.1. The quantitative estimate of drug-likeness (QED) is 0.385. The minimum absolute atomic E-state index is 0.152. The molecule has 32 heavy (non-hydrogen) atoms. The van der Waals surface area contributed by atoms with E-state index in [0.717, 1.165) is 23.2 Å². The van der Waals surface area contributed by atoms with Crippen LogP contribution in [0.5, 0.6) is 0 Å². The van der Waals surface area contributed by atoms with Crippen LogP contribution in [-0.4, -0.2) is 22.6 Å². The van der Waals surface area contributed by atoms with Crippen molar-refractivity contribution in [3.05, 3.63) is 107 Å². The molecule has 0 atom stereocenters. The lowest BCUT2D eigenvalue weighted by Gasteiger charge is -2.09. The number of carbonyl (C=O) groups is 1. The van der Waals surface area contributed by atoms with Gasteiger partial charge >= 0.3 is 0 Å². The van der Waals surface area contributed by atoms with Gasteiger partial charge in [0.2, 0.25) is 0 Å². The van der Waals surface area contributed by atoms with Gasteiger partial charge in [-0.15, -0.1) is 10.2 Å². The molecular formula is C25H20ClFN4O. The summed E-state index contributed by atoms with van der Waals surface area (Å²) in [5.41, 5.74) is 3.79. The molecule has 0 spiro atoms. The summed E-state index contributed by atoms with van der Waals surface area (Å²) in [7, 11) is 0. The monoisotopic (exact) mass is 446 g/mol. The molecule has 2 N–H and O–H groups in total. The number of rotatable bonds is 7. The van der Waals surface area contributed by atoms with Crippen LogP contribution in [-0.2, 0) is 6.42 Å². The van der Waals surface area contributed by atoms with Crippen molar-refractivity contribution in [3.63, 3.8) is 0 Å². The van der Waals surface area contributed by atoms with Crippen LogP contribution in [0.2, 0.25) is 5.02 Å². The highest BCUT2D eigenvalue weighted by Gasteiger charge is 2.07. The van der Waals surface area contributed by atoms with Crippen molar-refractivity contribution in [2.24, 2.45) is 0 Å². The van der Waals surface area contributed by atoms with E-state index in [-0.39, 0.29) is 11.7 Å². The molecule has 0 bridgehead atoms. The van der Waals surface area contributed by atoms with Crippen LogP contribution < -0.4 is 10.6 Å². The predicted octanol–water partition coefficient (Wildman–Crippen LogP) is 5.65. The Morgan fingerprint density at radius 2 is 1.69 bits per heavy atom. The number of nitrogens with one attached hydrogen (secondary N) is 2. The van der Waals surface area contributed by atoms with E-state index < -0.39 is 0 Å². The Balaban J connectivity index is 1.35. The number of hydrogen-bond acceptors (Lipinski definition) is 4. The maximum atomic E-state index is 13.1. The fourth-order valence-electron chi connectivity index (χ4n) is 3.13. The molecule has 0 saturated heterocycles. The molecule has 0 fully saturated rings. The summed E-state index contributed by atoms with van der Waals surface area (Å²) in [6, 6.07) is 24.4. The highest BCUT2D eigenvalue weighted by molar-refractivity contribution is 6.30.